The van der Waals surface area contributed by atoms with Crippen LogP contribution in [0.1, 0.15) is 23.0 Å². The van der Waals surface area contributed by atoms with Gasteiger partial charge in [0.2, 0.25) is 0 Å². The van der Waals surface area contributed by atoms with E-state index in [-0.39, 0.29) is 5.69 Å². The van der Waals surface area contributed by atoms with Gasteiger partial charge in [0.05, 0.1) is 11.6 Å². The molecule has 0 unspecified atom stereocenters. The molecular formula is C9H10ClNO2. The maximum absolute atomic E-state index is 11.2. The van der Waals surface area contributed by atoms with Crippen LogP contribution in [0.3, 0.4) is 0 Å². The minimum absolute atomic E-state index is 0.184. The summed E-state index contributed by atoms with van der Waals surface area (Å²) in [7, 11) is 0. The van der Waals surface area contributed by atoms with Crippen LogP contribution in [0.4, 0.5) is 0 Å². The van der Waals surface area contributed by atoms with Gasteiger partial charge in [0, 0.05) is 6.20 Å². The summed E-state index contributed by atoms with van der Waals surface area (Å²) in [6, 6.07) is 1.74. The van der Waals surface area contributed by atoms with Gasteiger partial charge < -0.3 is 4.74 Å². The molecule has 0 aromatic carbocycles. The van der Waals surface area contributed by atoms with E-state index < -0.39 is 5.97 Å². The van der Waals surface area contributed by atoms with Crippen molar-refractivity contribution in [3.63, 3.8) is 0 Å². The fourth-order valence-corrected chi connectivity index (χ4v) is 1.07. The van der Waals surface area contributed by atoms with E-state index >= 15 is 0 Å². The number of rotatable bonds is 2. The van der Waals surface area contributed by atoms with Crippen LogP contribution in [-0.2, 0) is 4.74 Å². The molecule has 0 radical (unpaired) electrons. The lowest BCUT2D eigenvalue weighted by Crippen LogP contribution is -2.08. The van der Waals surface area contributed by atoms with Crippen molar-refractivity contribution < 1.29 is 9.53 Å². The summed E-state index contributed by atoms with van der Waals surface area (Å²) in [5.74, 6) is -0.476. The van der Waals surface area contributed by atoms with Gasteiger partial charge in [0.15, 0.2) is 5.69 Å². The molecule has 0 aliphatic heterocycles. The Balaban J connectivity index is 3.01. The van der Waals surface area contributed by atoms with Crippen molar-refractivity contribution in [1.82, 2.24) is 4.98 Å². The highest BCUT2D eigenvalue weighted by atomic mass is 35.5. The molecule has 1 aromatic heterocycles. The average molecular weight is 200 g/mol. The summed E-state index contributed by atoms with van der Waals surface area (Å²) >= 11 is 5.86. The summed E-state index contributed by atoms with van der Waals surface area (Å²) < 4.78 is 4.78. The zero-order valence-electron chi connectivity index (χ0n) is 7.50. The molecule has 0 saturated heterocycles. The lowest BCUT2D eigenvalue weighted by atomic mass is 10.2. The van der Waals surface area contributed by atoms with Gasteiger partial charge in [-0.3, -0.25) is 0 Å². The van der Waals surface area contributed by atoms with Crippen LogP contribution in [0.2, 0.25) is 5.02 Å². The largest absolute Gasteiger partial charge is 0.461 e. The Kier molecular flexibility index (Phi) is 3.25. The van der Waals surface area contributed by atoms with Crippen molar-refractivity contribution in [3.05, 3.63) is 28.5 Å². The second-order valence-electron chi connectivity index (χ2n) is 2.51. The van der Waals surface area contributed by atoms with Gasteiger partial charge >= 0.3 is 5.97 Å². The van der Waals surface area contributed by atoms with Crippen LogP contribution >= 0.6 is 11.6 Å². The molecule has 1 heterocycles. The van der Waals surface area contributed by atoms with Crippen LogP contribution in [0.25, 0.3) is 0 Å². The Hall–Kier alpha value is -1.09. The minimum atomic E-state index is -0.476. The molecule has 0 amide bonds. The first-order valence-corrected chi connectivity index (χ1v) is 4.32. The molecule has 3 nitrogen and oxygen atoms in total. The topological polar surface area (TPSA) is 39.2 Å². The number of nitrogens with zero attached hydrogens (tertiary/aromatic N) is 1. The van der Waals surface area contributed by atoms with Crippen molar-refractivity contribution in [2.45, 2.75) is 13.8 Å². The molecule has 1 aromatic rings. The first-order chi connectivity index (χ1) is 6.16. The molecular weight excluding hydrogens is 190 g/mol. The Morgan fingerprint density at radius 2 is 2.38 bits per heavy atom. The Bertz CT molecular complexity index is 325. The van der Waals surface area contributed by atoms with Crippen molar-refractivity contribution in [1.29, 1.82) is 0 Å². The third-order valence-corrected chi connectivity index (χ3v) is 2.03. The summed E-state index contributed by atoms with van der Waals surface area (Å²) in [6.07, 6.45) is 1.54. The van der Waals surface area contributed by atoms with Crippen LogP contribution in [0.5, 0.6) is 0 Å². The van der Waals surface area contributed by atoms with E-state index in [1.165, 1.54) is 6.20 Å². The number of esters is 1. The predicted octanol–water partition coefficient (Wildman–Crippen LogP) is 2.22. The quantitative estimate of drug-likeness (QED) is 0.686. The smallest absolute Gasteiger partial charge is 0.358 e. The zero-order chi connectivity index (χ0) is 9.84. The van der Waals surface area contributed by atoms with Gasteiger partial charge in [-0.1, -0.05) is 11.6 Å². The Labute approximate surface area is 81.7 Å². The molecule has 0 aliphatic rings. The van der Waals surface area contributed by atoms with Gasteiger partial charge in [-0.25, -0.2) is 9.78 Å². The first kappa shape index (κ1) is 9.99. The fourth-order valence-electron chi connectivity index (χ4n) is 0.882. The molecule has 0 N–H and O–H groups in total. The Morgan fingerprint density at radius 3 is 3.00 bits per heavy atom. The molecule has 0 bridgehead atoms. The molecule has 0 aliphatic carbocycles. The highest BCUT2D eigenvalue weighted by molar-refractivity contribution is 6.33. The van der Waals surface area contributed by atoms with E-state index in [0.717, 1.165) is 5.56 Å². The number of hydrogen-bond donors (Lipinski definition) is 0. The van der Waals surface area contributed by atoms with Gasteiger partial charge in [-0.2, -0.15) is 0 Å². The average Bonchev–Trinajstić information content (AvgIpc) is 2.10. The van der Waals surface area contributed by atoms with Crippen molar-refractivity contribution >= 4 is 17.6 Å². The fraction of sp³-hybridized carbons (Fsp3) is 0.333. The van der Waals surface area contributed by atoms with Crippen molar-refractivity contribution in [2.75, 3.05) is 6.61 Å². The number of carbonyl (C=O) groups excluding carboxylic acids is 1. The van der Waals surface area contributed by atoms with Gasteiger partial charge in [-0.05, 0) is 25.5 Å². The van der Waals surface area contributed by atoms with Crippen LogP contribution in [0.15, 0.2) is 12.3 Å². The number of hydrogen-bond acceptors (Lipinski definition) is 3. The van der Waals surface area contributed by atoms with Crippen LogP contribution < -0.4 is 0 Å². The molecule has 1 rings (SSSR count). The maximum Gasteiger partial charge on any atom is 0.358 e. The molecule has 0 atom stereocenters. The number of aromatic nitrogens is 1. The lowest BCUT2D eigenvalue weighted by Gasteiger charge is -2.04. The second-order valence-corrected chi connectivity index (χ2v) is 2.89. The van der Waals surface area contributed by atoms with E-state index in [1.807, 2.05) is 6.92 Å². The van der Waals surface area contributed by atoms with Gasteiger partial charge in [0.25, 0.3) is 0 Å². The standard InChI is InChI=1S/C9H10ClNO2/c1-3-13-9(12)8-7(10)6(2)4-5-11-8/h4-5H,3H2,1-2H3. The maximum atomic E-state index is 11.2. The summed E-state index contributed by atoms with van der Waals surface area (Å²) in [6.45, 7) is 3.87. The number of carbonyl (C=O) groups is 1. The SMILES string of the molecule is CCOC(=O)c1nccc(C)c1Cl. The molecule has 0 spiro atoms. The zero-order valence-corrected chi connectivity index (χ0v) is 8.26. The third kappa shape index (κ3) is 2.18. The summed E-state index contributed by atoms with van der Waals surface area (Å²) in [4.78, 5) is 15.1. The first-order valence-electron chi connectivity index (χ1n) is 3.95. The minimum Gasteiger partial charge on any atom is -0.461 e. The molecule has 4 heteroatoms. The summed E-state index contributed by atoms with van der Waals surface area (Å²) in [5, 5.41) is 0.362. The molecule has 0 saturated carbocycles. The van der Waals surface area contributed by atoms with E-state index in [4.69, 9.17) is 16.3 Å². The van der Waals surface area contributed by atoms with E-state index in [2.05, 4.69) is 4.98 Å². The molecule has 70 valence electrons. The van der Waals surface area contributed by atoms with E-state index in [1.54, 1.807) is 13.0 Å². The molecule has 0 fully saturated rings. The van der Waals surface area contributed by atoms with Gasteiger partial charge in [-0.15, -0.1) is 0 Å². The lowest BCUT2D eigenvalue weighted by molar-refractivity contribution is 0.0519. The number of aryl methyl sites for hydroxylation is 1. The monoisotopic (exact) mass is 199 g/mol. The van der Waals surface area contributed by atoms with Crippen molar-refractivity contribution in [2.24, 2.45) is 0 Å². The third-order valence-electron chi connectivity index (χ3n) is 1.55. The van der Waals surface area contributed by atoms with Gasteiger partial charge in [0.1, 0.15) is 0 Å². The number of pyridine rings is 1. The van der Waals surface area contributed by atoms with Crippen molar-refractivity contribution in [3.8, 4) is 0 Å². The van der Waals surface area contributed by atoms with Crippen LogP contribution in [0, 0.1) is 6.92 Å². The molecule has 13 heavy (non-hydrogen) atoms. The summed E-state index contributed by atoms with van der Waals surface area (Å²) in [5.41, 5.74) is 1.00. The van der Waals surface area contributed by atoms with E-state index in [9.17, 15) is 4.79 Å². The highest BCUT2D eigenvalue weighted by Crippen LogP contribution is 2.18. The number of halogens is 1. The van der Waals surface area contributed by atoms with E-state index in [0.29, 0.717) is 11.6 Å². The second kappa shape index (κ2) is 4.23. The normalized spacial score (nSPS) is 9.77. The number of ether oxygens (including phenoxy) is 1. The van der Waals surface area contributed by atoms with Crippen LogP contribution in [-0.4, -0.2) is 17.6 Å². The predicted molar refractivity (Wildman–Crippen MR) is 49.9 cm³/mol. The highest BCUT2D eigenvalue weighted by Gasteiger charge is 2.13. The Morgan fingerprint density at radius 1 is 1.69 bits per heavy atom.